The van der Waals surface area contributed by atoms with Gasteiger partial charge in [-0.3, -0.25) is 4.90 Å². The quantitative estimate of drug-likeness (QED) is 0.404. The molecule has 2 amide bonds. The van der Waals surface area contributed by atoms with E-state index in [1.54, 1.807) is 26.2 Å². The van der Waals surface area contributed by atoms with Crippen LogP contribution < -0.4 is 14.8 Å². The van der Waals surface area contributed by atoms with Crippen LogP contribution in [0.5, 0.6) is 11.5 Å². The van der Waals surface area contributed by atoms with Crippen LogP contribution in [-0.4, -0.2) is 55.6 Å². The molecule has 0 saturated carbocycles. The minimum atomic E-state index is -0.522. The minimum absolute atomic E-state index is 0.206. The molecule has 2 heterocycles. The lowest BCUT2D eigenvalue weighted by molar-refractivity contribution is 0.174. The first-order chi connectivity index (χ1) is 17.5. The first-order valence-corrected chi connectivity index (χ1v) is 11.9. The summed E-state index contributed by atoms with van der Waals surface area (Å²) in [5.74, 6) is 1.99. The van der Waals surface area contributed by atoms with E-state index in [0.29, 0.717) is 42.8 Å². The van der Waals surface area contributed by atoms with E-state index in [2.05, 4.69) is 29.5 Å². The van der Waals surface area contributed by atoms with E-state index in [4.69, 9.17) is 23.7 Å². The molecule has 0 fully saturated rings. The van der Waals surface area contributed by atoms with Crippen LogP contribution in [0.25, 0.3) is 17.0 Å². The fourth-order valence-corrected chi connectivity index (χ4v) is 4.32. The second-order valence-corrected chi connectivity index (χ2v) is 8.47. The number of nitrogens with zero attached hydrogens (tertiary/aromatic N) is 3. The van der Waals surface area contributed by atoms with E-state index in [1.165, 1.54) is 5.56 Å². The number of urea groups is 1. The van der Waals surface area contributed by atoms with Gasteiger partial charge in [0.15, 0.2) is 11.5 Å². The number of aromatic nitrogens is 2. The summed E-state index contributed by atoms with van der Waals surface area (Å²) in [6.07, 6.45) is 1.64. The van der Waals surface area contributed by atoms with E-state index < -0.39 is 6.04 Å². The van der Waals surface area contributed by atoms with Crippen molar-refractivity contribution in [2.24, 2.45) is 0 Å². The molecule has 0 aliphatic carbocycles. The third kappa shape index (κ3) is 5.06. The molecule has 1 aromatic heterocycles. The second-order valence-electron chi connectivity index (χ2n) is 8.47. The van der Waals surface area contributed by atoms with Crippen molar-refractivity contribution in [1.82, 2.24) is 20.4 Å². The minimum Gasteiger partial charge on any atom is -0.493 e. The number of nitrogens with one attached hydrogen (secondary N) is 1. The van der Waals surface area contributed by atoms with Crippen LogP contribution in [0.4, 0.5) is 4.79 Å². The molecule has 0 saturated heterocycles. The number of hydrogen-bond acceptors (Lipinski definition) is 7. The number of aryl methyl sites for hydroxylation is 1. The summed E-state index contributed by atoms with van der Waals surface area (Å²) in [4.78, 5) is 19.6. The fourth-order valence-electron chi connectivity index (χ4n) is 4.32. The molecule has 9 heteroatoms. The van der Waals surface area contributed by atoms with Crippen LogP contribution in [0.15, 0.2) is 52.7 Å². The van der Waals surface area contributed by atoms with Crippen molar-refractivity contribution in [1.29, 1.82) is 0 Å². The van der Waals surface area contributed by atoms with E-state index in [1.807, 2.05) is 37.3 Å². The third-order valence-electron chi connectivity index (χ3n) is 6.34. The molecule has 1 atom stereocenters. The maximum absolute atomic E-state index is 13.1. The summed E-state index contributed by atoms with van der Waals surface area (Å²) >= 11 is 0. The monoisotopic (exact) mass is 492 g/mol. The van der Waals surface area contributed by atoms with Gasteiger partial charge in [-0.1, -0.05) is 42.4 Å². The number of hydrogen-bond donors (Lipinski definition) is 1. The van der Waals surface area contributed by atoms with Gasteiger partial charge in [-0.25, -0.2) is 4.79 Å². The fraction of sp³-hybridized carbons (Fsp3) is 0.370. The smallest absolute Gasteiger partial charge is 0.322 e. The zero-order valence-electron chi connectivity index (χ0n) is 21.3. The SMILES string of the molecule is CCc1ccc(-c2noc(C3=C(C)N(CCCOC)C(=O)NC3c3ccc(OC)c(OC)c3)n2)cc1. The molecule has 0 radical (unpaired) electrons. The van der Waals surface area contributed by atoms with E-state index in [9.17, 15) is 4.79 Å². The highest BCUT2D eigenvalue weighted by Crippen LogP contribution is 2.40. The average Bonchev–Trinajstić information content (AvgIpc) is 3.39. The van der Waals surface area contributed by atoms with E-state index >= 15 is 0 Å². The first kappa shape index (κ1) is 25.2. The van der Waals surface area contributed by atoms with Crippen molar-refractivity contribution >= 4 is 11.6 Å². The van der Waals surface area contributed by atoms with Crippen LogP contribution in [0.1, 0.15) is 43.3 Å². The van der Waals surface area contributed by atoms with Crippen LogP contribution >= 0.6 is 0 Å². The van der Waals surface area contributed by atoms with Crippen molar-refractivity contribution in [2.75, 3.05) is 34.5 Å². The molecule has 9 nitrogen and oxygen atoms in total. The Hall–Kier alpha value is -3.85. The molecule has 3 aromatic rings. The molecule has 4 rings (SSSR count). The van der Waals surface area contributed by atoms with Crippen LogP contribution in [0, 0.1) is 0 Å². The number of carbonyl (C=O) groups is 1. The molecule has 0 bridgehead atoms. The lowest BCUT2D eigenvalue weighted by Gasteiger charge is -2.35. The summed E-state index contributed by atoms with van der Waals surface area (Å²) in [5.41, 5.74) is 4.37. The number of allylic oxidation sites excluding steroid dienone is 1. The number of benzene rings is 2. The van der Waals surface area contributed by atoms with Gasteiger partial charge in [-0.05, 0) is 43.0 Å². The summed E-state index contributed by atoms with van der Waals surface area (Å²) in [6.45, 7) is 5.05. The van der Waals surface area contributed by atoms with Crippen molar-refractivity contribution in [2.45, 2.75) is 32.7 Å². The summed E-state index contributed by atoms with van der Waals surface area (Å²) in [5, 5.41) is 7.35. The van der Waals surface area contributed by atoms with Crippen molar-refractivity contribution in [3.63, 3.8) is 0 Å². The Kier molecular flexibility index (Phi) is 7.90. The molecule has 1 aliphatic rings. The molecule has 190 valence electrons. The van der Waals surface area contributed by atoms with Crippen LogP contribution in [-0.2, 0) is 11.2 Å². The Morgan fingerprint density at radius 2 is 1.81 bits per heavy atom. The lowest BCUT2D eigenvalue weighted by Crippen LogP contribution is -2.46. The molecule has 1 aliphatic heterocycles. The highest BCUT2D eigenvalue weighted by molar-refractivity contribution is 5.87. The summed E-state index contributed by atoms with van der Waals surface area (Å²) < 4.78 is 21.8. The van der Waals surface area contributed by atoms with Crippen molar-refractivity contribution < 1.29 is 23.5 Å². The van der Waals surface area contributed by atoms with Crippen LogP contribution in [0.3, 0.4) is 0 Å². The Labute approximate surface area is 211 Å². The lowest BCUT2D eigenvalue weighted by atomic mass is 9.94. The number of rotatable bonds is 10. The summed E-state index contributed by atoms with van der Waals surface area (Å²) in [6, 6.07) is 12.9. The standard InChI is InChI=1S/C27H32N4O5/c1-6-18-8-10-19(11-9-18)25-29-26(36-30-25)23-17(2)31(14-7-15-33-3)27(32)28-24(23)20-12-13-21(34-4)22(16-20)35-5/h8-13,16,24H,6-7,14-15H2,1-5H3,(H,28,32). The molecule has 0 spiro atoms. The Morgan fingerprint density at radius 1 is 1.06 bits per heavy atom. The Bertz CT molecular complexity index is 1240. The highest BCUT2D eigenvalue weighted by atomic mass is 16.5. The number of ether oxygens (including phenoxy) is 3. The van der Waals surface area contributed by atoms with E-state index in [-0.39, 0.29) is 6.03 Å². The first-order valence-electron chi connectivity index (χ1n) is 11.9. The predicted octanol–water partition coefficient (Wildman–Crippen LogP) is 4.85. The van der Waals surface area contributed by atoms with Gasteiger partial charge in [0, 0.05) is 31.5 Å². The van der Waals surface area contributed by atoms with E-state index in [0.717, 1.165) is 28.8 Å². The van der Waals surface area contributed by atoms with Gasteiger partial charge in [-0.15, -0.1) is 0 Å². The normalized spacial score (nSPS) is 15.8. The van der Waals surface area contributed by atoms with Gasteiger partial charge >= 0.3 is 6.03 Å². The van der Waals surface area contributed by atoms with Crippen LogP contribution in [0.2, 0.25) is 0 Å². The van der Waals surface area contributed by atoms with Gasteiger partial charge in [-0.2, -0.15) is 4.98 Å². The van der Waals surface area contributed by atoms with Crippen molar-refractivity contribution in [3.05, 3.63) is 65.2 Å². The molecule has 2 aromatic carbocycles. The largest absolute Gasteiger partial charge is 0.493 e. The van der Waals surface area contributed by atoms with Gasteiger partial charge < -0.3 is 24.1 Å². The molecular weight excluding hydrogens is 460 g/mol. The van der Waals surface area contributed by atoms with Gasteiger partial charge in [0.25, 0.3) is 5.89 Å². The summed E-state index contributed by atoms with van der Waals surface area (Å²) in [7, 11) is 4.81. The number of carbonyl (C=O) groups excluding carboxylic acids is 1. The Balaban J connectivity index is 1.78. The predicted molar refractivity (Wildman–Crippen MR) is 136 cm³/mol. The third-order valence-corrected chi connectivity index (χ3v) is 6.34. The van der Waals surface area contributed by atoms with Crippen molar-refractivity contribution in [3.8, 4) is 22.9 Å². The number of methoxy groups -OCH3 is 3. The maximum atomic E-state index is 13.1. The molecular formula is C27H32N4O5. The highest BCUT2D eigenvalue weighted by Gasteiger charge is 2.36. The number of amides is 2. The molecule has 36 heavy (non-hydrogen) atoms. The topological polar surface area (TPSA) is 99.0 Å². The average molecular weight is 493 g/mol. The Morgan fingerprint density at radius 3 is 2.47 bits per heavy atom. The maximum Gasteiger partial charge on any atom is 0.322 e. The molecule has 1 unspecified atom stereocenters. The van der Waals surface area contributed by atoms with Gasteiger partial charge in [0.1, 0.15) is 0 Å². The van der Waals surface area contributed by atoms with Gasteiger partial charge in [0.05, 0.1) is 25.8 Å². The zero-order chi connectivity index (χ0) is 25.7. The van der Waals surface area contributed by atoms with Gasteiger partial charge in [0.2, 0.25) is 5.82 Å². The zero-order valence-corrected chi connectivity index (χ0v) is 21.3. The second kappa shape index (κ2) is 11.3. The molecule has 1 N–H and O–H groups in total.